The molecule has 0 aliphatic heterocycles. The zero-order valence-corrected chi connectivity index (χ0v) is 15.3. The molecule has 1 aromatic heterocycles. The van der Waals surface area contributed by atoms with Crippen LogP contribution in [0.2, 0.25) is 5.02 Å². The van der Waals surface area contributed by atoms with Crippen LogP contribution < -0.4 is 4.80 Å². The highest BCUT2D eigenvalue weighted by molar-refractivity contribution is 7.16. The van der Waals surface area contributed by atoms with Crippen molar-refractivity contribution < 1.29 is 18.7 Å². The van der Waals surface area contributed by atoms with Gasteiger partial charge in [0.05, 0.1) is 16.8 Å². The van der Waals surface area contributed by atoms with Gasteiger partial charge in [-0.05, 0) is 49.4 Å². The molecule has 2 aromatic carbocycles. The monoisotopic (exact) mass is 392 g/mol. The molecule has 0 spiro atoms. The van der Waals surface area contributed by atoms with E-state index >= 15 is 0 Å². The third-order valence-electron chi connectivity index (χ3n) is 3.53. The third-order valence-corrected chi connectivity index (χ3v) is 4.82. The molecule has 0 radical (unpaired) electrons. The number of hydrogen-bond acceptors (Lipinski definition) is 4. The lowest BCUT2D eigenvalue weighted by Gasteiger charge is -2.05. The van der Waals surface area contributed by atoms with E-state index in [2.05, 4.69) is 4.99 Å². The summed E-state index contributed by atoms with van der Waals surface area (Å²) in [7, 11) is 0. The molecule has 26 heavy (non-hydrogen) atoms. The number of hydrogen-bond donors (Lipinski definition) is 0. The SMILES string of the molecule is CCOC(=O)Cn1c(=NC(=O)c2ccc(Cl)cc2)sc2cc(F)ccc21. The average molecular weight is 393 g/mol. The van der Waals surface area contributed by atoms with Gasteiger partial charge in [-0.15, -0.1) is 0 Å². The van der Waals surface area contributed by atoms with Crippen molar-refractivity contribution in [2.45, 2.75) is 13.5 Å². The van der Waals surface area contributed by atoms with Gasteiger partial charge in [0.15, 0.2) is 4.80 Å². The van der Waals surface area contributed by atoms with E-state index in [-0.39, 0.29) is 13.2 Å². The Bertz CT molecular complexity index is 1040. The van der Waals surface area contributed by atoms with Crippen molar-refractivity contribution in [2.24, 2.45) is 4.99 Å². The molecule has 0 aliphatic carbocycles. The third kappa shape index (κ3) is 4.00. The zero-order chi connectivity index (χ0) is 18.7. The maximum atomic E-state index is 13.5. The van der Waals surface area contributed by atoms with Crippen LogP contribution in [0.1, 0.15) is 17.3 Å². The summed E-state index contributed by atoms with van der Waals surface area (Å²) in [5.41, 5.74) is 0.966. The second-order valence-corrected chi connectivity index (χ2v) is 6.76. The number of aromatic nitrogens is 1. The molecule has 1 heterocycles. The van der Waals surface area contributed by atoms with E-state index in [0.29, 0.717) is 25.6 Å². The van der Waals surface area contributed by atoms with Crippen molar-refractivity contribution in [2.75, 3.05) is 6.61 Å². The molecule has 0 fully saturated rings. The summed E-state index contributed by atoms with van der Waals surface area (Å²) in [6, 6.07) is 10.5. The van der Waals surface area contributed by atoms with Crippen LogP contribution in [-0.2, 0) is 16.1 Å². The Kier molecular flexibility index (Phi) is 5.49. The lowest BCUT2D eigenvalue weighted by Crippen LogP contribution is -2.23. The van der Waals surface area contributed by atoms with Crippen molar-refractivity contribution in [3.05, 3.63) is 63.7 Å². The van der Waals surface area contributed by atoms with Gasteiger partial charge in [0.1, 0.15) is 12.4 Å². The number of thiazole rings is 1. The first-order valence-corrected chi connectivity index (χ1v) is 8.96. The van der Waals surface area contributed by atoms with Crippen molar-refractivity contribution in [1.82, 2.24) is 4.57 Å². The van der Waals surface area contributed by atoms with Crippen LogP contribution >= 0.6 is 22.9 Å². The van der Waals surface area contributed by atoms with Crippen LogP contribution in [-0.4, -0.2) is 23.1 Å². The van der Waals surface area contributed by atoms with Gasteiger partial charge in [-0.2, -0.15) is 4.99 Å². The standard InChI is InChI=1S/C18H14ClFN2O3S/c1-2-25-16(23)10-22-14-8-7-13(20)9-15(14)26-18(22)21-17(24)11-3-5-12(19)6-4-11/h3-9H,2,10H2,1H3. The van der Waals surface area contributed by atoms with E-state index in [1.807, 2.05) is 0 Å². The summed E-state index contributed by atoms with van der Waals surface area (Å²) in [6.45, 7) is 1.83. The molecule has 134 valence electrons. The van der Waals surface area contributed by atoms with Gasteiger partial charge >= 0.3 is 5.97 Å². The van der Waals surface area contributed by atoms with Gasteiger partial charge in [0.2, 0.25) is 0 Å². The summed E-state index contributed by atoms with van der Waals surface area (Å²) < 4.78 is 20.6. The largest absolute Gasteiger partial charge is 0.465 e. The van der Waals surface area contributed by atoms with Crippen LogP contribution in [0.15, 0.2) is 47.5 Å². The number of nitrogens with zero attached hydrogens (tertiary/aromatic N) is 2. The van der Waals surface area contributed by atoms with Crippen molar-refractivity contribution >= 4 is 45.0 Å². The summed E-state index contributed by atoms with van der Waals surface area (Å²) >= 11 is 6.95. The highest BCUT2D eigenvalue weighted by atomic mass is 35.5. The molecular formula is C18H14ClFN2O3S. The summed E-state index contributed by atoms with van der Waals surface area (Å²) in [5.74, 6) is -1.35. The number of carbonyl (C=O) groups is 2. The Balaban J connectivity index is 2.09. The van der Waals surface area contributed by atoms with E-state index in [1.54, 1.807) is 41.8 Å². The average Bonchev–Trinajstić information content (AvgIpc) is 2.92. The number of benzene rings is 2. The Labute approximate surface area is 157 Å². The highest BCUT2D eigenvalue weighted by Gasteiger charge is 2.13. The van der Waals surface area contributed by atoms with Gasteiger partial charge in [-0.3, -0.25) is 9.59 Å². The molecule has 5 nitrogen and oxygen atoms in total. The first kappa shape index (κ1) is 18.3. The smallest absolute Gasteiger partial charge is 0.326 e. The van der Waals surface area contributed by atoms with Crippen LogP contribution in [0.25, 0.3) is 10.2 Å². The number of carbonyl (C=O) groups excluding carboxylic acids is 2. The molecule has 3 rings (SSSR count). The Morgan fingerprint density at radius 2 is 1.96 bits per heavy atom. The van der Waals surface area contributed by atoms with E-state index in [9.17, 15) is 14.0 Å². The van der Waals surface area contributed by atoms with Crippen LogP contribution in [0.4, 0.5) is 4.39 Å². The highest BCUT2D eigenvalue weighted by Crippen LogP contribution is 2.19. The lowest BCUT2D eigenvalue weighted by atomic mass is 10.2. The van der Waals surface area contributed by atoms with Crippen molar-refractivity contribution in [1.29, 1.82) is 0 Å². The van der Waals surface area contributed by atoms with Gasteiger partial charge < -0.3 is 9.30 Å². The van der Waals surface area contributed by atoms with Gasteiger partial charge in [0.25, 0.3) is 5.91 Å². The molecule has 0 unspecified atom stereocenters. The predicted molar refractivity (Wildman–Crippen MR) is 97.8 cm³/mol. The number of rotatable bonds is 4. The fourth-order valence-corrected chi connectivity index (χ4v) is 3.54. The molecule has 0 bridgehead atoms. The number of fused-ring (bicyclic) bond motifs is 1. The number of esters is 1. The van der Waals surface area contributed by atoms with Gasteiger partial charge in [0, 0.05) is 10.6 Å². The van der Waals surface area contributed by atoms with Crippen LogP contribution in [0, 0.1) is 5.82 Å². The van der Waals surface area contributed by atoms with Crippen molar-refractivity contribution in [3.63, 3.8) is 0 Å². The Morgan fingerprint density at radius 3 is 2.65 bits per heavy atom. The zero-order valence-electron chi connectivity index (χ0n) is 13.7. The molecular weight excluding hydrogens is 379 g/mol. The number of halogens is 2. The molecule has 0 aliphatic rings. The van der Waals surface area contributed by atoms with Crippen molar-refractivity contribution in [3.8, 4) is 0 Å². The fraction of sp³-hybridized carbons (Fsp3) is 0.167. The normalized spacial score (nSPS) is 11.7. The molecule has 0 N–H and O–H groups in total. The Morgan fingerprint density at radius 1 is 1.23 bits per heavy atom. The molecule has 1 amide bonds. The van der Waals surface area contributed by atoms with Gasteiger partial charge in [-0.1, -0.05) is 22.9 Å². The quantitative estimate of drug-likeness (QED) is 0.634. The van der Waals surface area contributed by atoms with E-state index in [4.69, 9.17) is 16.3 Å². The summed E-state index contributed by atoms with van der Waals surface area (Å²) in [6.07, 6.45) is 0. The predicted octanol–water partition coefficient (Wildman–Crippen LogP) is 3.80. The molecule has 0 saturated carbocycles. The maximum Gasteiger partial charge on any atom is 0.326 e. The minimum absolute atomic E-state index is 0.119. The molecule has 8 heteroatoms. The van der Waals surface area contributed by atoms with E-state index in [0.717, 1.165) is 11.3 Å². The van der Waals surface area contributed by atoms with Gasteiger partial charge in [-0.25, -0.2) is 4.39 Å². The number of amides is 1. The first-order chi connectivity index (χ1) is 12.5. The summed E-state index contributed by atoms with van der Waals surface area (Å²) in [4.78, 5) is 28.7. The second kappa shape index (κ2) is 7.80. The summed E-state index contributed by atoms with van der Waals surface area (Å²) in [5, 5.41) is 0.510. The molecule has 0 atom stereocenters. The first-order valence-electron chi connectivity index (χ1n) is 7.77. The topological polar surface area (TPSA) is 60.7 Å². The number of ether oxygens (including phenoxy) is 1. The maximum absolute atomic E-state index is 13.5. The minimum Gasteiger partial charge on any atom is -0.465 e. The molecule has 3 aromatic rings. The van der Waals surface area contributed by atoms with Crippen LogP contribution in [0.5, 0.6) is 0 Å². The van der Waals surface area contributed by atoms with E-state index in [1.165, 1.54) is 12.1 Å². The second-order valence-electron chi connectivity index (χ2n) is 5.31. The molecule has 0 saturated heterocycles. The minimum atomic E-state index is -0.480. The van der Waals surface area contributed by atoms with Crippen LogP contribution in [0.3, 0.4) is 0 Å². The Hall–Kier alpha value is -2.51. The lowest BCUT2D eigenvalue weighted by molar-refractivity contribution is -0.143. The fourth-order valence-electron chi connectivity index (χ4n) is 2.36. The van der Waals surface area contributed by atoms with E-state index < -0.39 is 17.7 Å².